The molecule has 2 aromatic rings. The van der Waals surface area contributed by atoms with E-state index in [4.69, 9.17) is 18.9 Å². The normalized spacial score (nSPS) is 18.8. The van der Waals surface area contributed by atoms with Crippen molar-refractivity contribution in [3.05, 3.63) is 40.2 Å². The number of hydrogen-bond acceptors (Lipinski definition) is 6. The van der Waals surface area contributed by atoms with Crippen LogP contribution in [0.2, 0.25) is 0 Å². The molecule has 1 N–H and O–H groups in total. The SMILES string of the molecule is COc1cc([C@@H]2CC(=O)c3c([nH]c(C(=O)OC4CCCCC4)c3C)C2)cc(OC)c1OC. The highest BCUT2D eigenvalue weighted by atomic mass is 16.5. The summed E-state index contributed by atoms with van der Waals surface area (Å²) in [6.07, 6.45) is 6.12. The van der Waals surface area contributed by atoms with Gasteiger partial charge in [0, 0.05) is 17.7 Å². The number of carbonyl (C=O) groups excluding carboxylic acids is 2. The molecule has 0 aliphatic heterocycles. The Kier molecular flexibility index (Phi) is 6.44. The van der Waals surface area contributed by atoms with Crippen molar-refractivity contribution in [2.45, 2.75) is 63.9 Å². The number of Topliss-reactive ketones (excluding diaryl/α,β-unsaturated/α-hetero) is 1. The highest BCUT2D eigenvalue weighted by Gasteiger charge is 2.33. The van der Waals surface area contributed by atoms with Crippen molar-refractivity contribution in [1.29, 1.82) is 0 Å². The molecule has 0 radical (unpaired) electrons. The van der Waals surface area contributed by atoms with Crippen LogP contribution in [0.15, 0.2) is 12.1 Å². The Morgan fingerprint density at radius 3 is 2.22 bits per heavy atom. The van der Waals surface area contributed by atoms with Crippen LogP contribution in [0.1, 0.15) is 82.1 Å². The number of esters is 1. The van der Waals surface area contributed by atoms with E-state index in [2.05, 4.69) is 4.98 Å². The standard InChI is InChI=1S/C25H31NO6/c1-14-22-18(26-23(14)25(28)32-17-8-6-5-7-9-17)10-15(11-19(22)27)16-12-20(29-2)24(31-4)21(13-16)30-3/h12-13,15,17,26H,5-11H2,1-4H3/t15-/m0/s1. The predicted octanol–water partition coefficient (Wildman–Crippen LogP) is 4.75. The molecule has 2 aliphatic carbocycles. The first-order chi connectivity index (χ1) is 15.5. The Balaban J connectivity index is 1.61. The lowest BCUT2D eigenvalue weighted by Crippen LogP contribution is -2.21. The lowest BCUT2D eigenvalue weighted by atomic mass is 9.81. The van der Waals surface area contributed by atoms with E-state index in [0.29, 0.717) is 46.9 Å². The zero-order valence-electron chi connectivity index (χ0n) is 19.2. The molecule has 0 spiro atoms. The fourth-order valence-electron chi connectivity index (χ4n) is 5.00. The number of aromatic nitrogens is 1. The Bertz CT molecular complexity index is 993. The van der Waals surface area contributed by atoms with Gasteiger partial charge in [-0.05, 0) is 68.2 Å². The summed E-state index contributed by atoms with van der Waals surface area (Å²) in [7, 11) is 4.71. The maximum absolute atomic E-state index is 13.1. The van der Waals surface area contributed by atoms with Crippen molar-refractivity contribution < 1.29 is 28.5 Å². The molecule has 7 nitrogen and oxygen atoms in total. The summed E-state index contributed by atoms with van der Waals surface area (Å²) < 4.78 is 22.1. The number of carbonyl (C=O) groups is 2. The zero-order chi connectivity index (χ0) is 22.8. The Morgan fingerprint density at radius 1 is 0.969 bits per heavy atom. The van der Waals surface area contributed by atoms with Gasteiger partial charge >= 0.3 is 5.97 Å². The third kappa shape index (κ3) is 4.08. The number of aromatic amines is 1. The van der Waals surface area contributed by atoms with Crippen LogP contribution in [-0.4, -0.2) is 44.2 Å². The number of methoxy groups -OCH3 is 3. The summed E-state index contributed by atoms with van der Waals surface area (Å²) in [5.74, 6) is 1.23. The summed E-state index contributed by atoms with van der Waals surface area (Å²) in [5, 5.41) is 0. The van der Waals surface area contributed by atoms with E-state index in [-0.39, 0.29) is 23.8 Å². The molecular formula is C25H31NO6. The van der Waals surface area contributed by atoms with Crippen LogP contribution in [0.4, 0.5) is 0 Å². The fraction of sp³-hybridized carbons (Fsp3) is 0.520. The summed E-state index contributed by atoms with van der Waals surface area (Å²) >= 11 is 0. The molecule has 1 aromatic carbocycles. The minimum atomic E-state index is -0.360. The maximum atomic E-state index is 13.1. The minimum Gasteiger partial charge on any atom is -0.493 e. The molecule has 172 valence electrons. The predicted molar refractivity (Wildman–Crippen MR) is 119 cm³/mol. The molecule has 1 heterocycles. The monoisotopic (exact) mass is 441 g/mol. The van der Waals surface area contributed by atoms with E-state index in [1.807, 2.05) is 19.1 Å². The first-order valence-electron chi connectivity index (χ1n) is 11.2. The molecule has 1 saturated carbocycles. The summed E-state index contributed by atoms with van der Waals surface area (Å²) in [6, 6.07) is 3.77. The smallest absolute Gasteiger partial charge is 0.355 e. The van der Waals surface area contributed by atoms with E-state index in [0.717, 1.165) is 36.9 Å². The molecule has 0 unspecified atom stereocenters. The van der Waals surface area contributed by atoms with Crippen LogP contribution < -0.4 is 14.2 Å². The quantitative estimate of drug-likeness (QED) is 0.651. The molecule has 1 atom stereocenters. The van der Waals surface area contributed by atoms with Crippen LogP contribution in [0.5, 0.6) is 17.2 Å². The summed E-state index contributed by atoms with van der Waals surface area (Å²) in [6.45, 7) is 1.82. The molecule has 0 bridgehead atoms. The van der Waals surface area contributed by atoms with Crippen LogP contribution >= 0.6 is 0 Å². The van der Waals surface area contributed by atoms with E-state index in [9.17, 15) is 9.59 Å². The molecule has 2 aliphatic rings. The number of fused-ring (bicyclic) bond motifs is 1. The van der Waals surface area contributed by atoms with Crippen LogP contribution in [0.25, 0.3) is 0 Å². The van der Waals surface area contributed by atoms with Crippen molar-refractivity contribution in [3.63, 3.8) is 0 Å². The third-order valence-corrected chi connectivity index (χ3v) is 6.68. The van der Waals surface area contributed by atoms with Crippen molar-refractivity contribution in [1.82, 2.24) is 4.98 Å². The lowest BCUT2D eigenvalue weighted by Gasteiger charge is -2.24. The number of H-pyrrole nitrogens is 1. The lowest BCUT2D eigenvalue weighted by molar-refractivity contribution is 0.0204. The van der Waals surface area contributed by atoms with Crippen LogP contribution in [0, 0.1) is 6.92 Å². The molecule has 4 rings (SSSR count). The van der Waals surface area contributed by atoms with Crippen LogP contribution in [-0.2, 0) is 11.2 Å². The number of ether oxygens (including phenoxy) is 4. The van der Waals surface area contributed by atoms with Crippen molar-refractivity contribution in [2.24, 2.45) is 0 Å². The van der Waals surface area contributed by atoms with Gasteiger partial charge in [-0.3, -0.25) is 4.79 Å². The largest absolute Gasteiger partial charge is 0.493 e. The average Bonchev–Trinajstić information content (AvgIpc) is 3.15. The first-order valence-corrected chi connectivity index (χ1v) is 11.2. The molecule has 32 heavy (non-hydrogen) atoms. The number of ketones is 1. The number of hydrogen-bond donors (Lipinski definition) is 1. The van der Waals surface area contributed by atoms with Crippen molar-refractivity contribution >= 4 is 11.8 Å². The van der Waals surface area contributed by atoms with E-state index < -0.39 is 0 Å². The number of nitrogens with one attached hydrogen (secondary N) is 1. The molecule has 7 heteroatoms. The van der Waals surface area contributed by atoms with Gasteiger partial charge in [0.2, 0.25) is 5.75 Å². The fourth-order valence-corrected chi connectivity index (χ4v) is 5.00. The summed E-state index contributed by atoms with van der Waals surface area (Å²) in [5.41, 5.74) is 3.43. The molecular weight excluding hydrogens is 410 g/mol. The van der Waals surface area contributed by atoms with Crippen LogP contribution in [0.3, 0.4) is 0 Å². The maximum Gasteiger partial charge on any atom is 0.355 e. The van der Waals surface area contributed by atoms with Gasteiger partial charge in [-0.2, -0.15) is 0 Å². The van der Waals surface area contributed by atoms with E-state index >= 15 is 0 Å². The second-order valence-electron chi connectivity index (χ2n) is 8.63. The zero-order valence-corrected chi connectivity index (χ0v) is 19.2. The third-order valence-electron chi connectivity index (χ3n) is 6.68. The Morgan fingerprint density at radius 2 is 1.62 bits per heavy atom. The van der Waals surface area contributed by atoms with E-state index in [1.54, 1.807) is 21.3 Å². The molecule has 1 aromatic heterocycles. The van der Waals surface area contributed by atoms with Crippen molar-refractivity contribution in [2.75, 3.05) is 21.3 Å². The van der Waals surface area contributed by atoms with Gasteiger partial charge in [-0.25, -0.2) is 4.79 Å². The molecule has 0 amide bonds. The van der Waals surface area contributed by atoms with Gasteiger partial charge in [0.25, 0.3) is 0 Å². The second kappa shape index (κ2) is 9.27. The topological polar surface area (TPSA) is 86.9 Å². The molecule has 0 saturated heterocycles. The minimum absolute atomic E-state index is 0.0236. The number of rotatable bonds is 6. The molecule has 1 fully saturated rings. The van der Waals surface area contributed by atoms with Gasteiger partial charge in [0.1, 0.15) is 11.8 Å². The Hall–Kier alpha value is -2.96. The van der Waals surface area contributed by atoms with Gasteiger partial charge in [-0.15, -0.1) is 0 Å². The highest BCUT2D eigenvalue weighted by molar-refractivity contribution is 6.03. The summed E-state index contributed by atoms with van der Waals surface area (Å²) in [4.78, 5) is 29.1. The second-order valence-corrected chi connectivity index (χ2v) is 8.63. The van der Waals surface area contributed by atoms with Gasteiger partial charge in [0.15, 0.2) is 17.3 Å². The average molecular weight is 442 g/mol. The van der Waals surface area contributed by atoms with Gasteiger partial charge in [-0.1, -0.05) is 6.42 Å². The highest BCUT2D eigenvalue weighted by Crippen LogP contribution is 2.43. The first kappa shape index (κ1) is 22.2. The van der Waals surface area contributed by atoms with Crippen molar-refractivity contribution in [3.8, 4) is 17.2 Å². The van der Waals surface area contributed by atoms with Gasteiger partial charge in [0.05, 0.1) is 21.3 Å². The Labute approximate surface area is 188 Å². The van der Waals surface area contributed by atoms with E-state index in [1.165, 1.54) is 6.42 Å². The van der Waals surface area contributed by atoms with Gasteiger partial charge < -0.3 is 23.9 Å². The number of benzene rings is 1.